The molecule has 0 unspecified atom stereocenters. The zero-order valence-corrected chi connectivity index (χ0v) is 11.0. The van der Waals surface area contributed by atoms with Gasteiger partial charge in [0.15, 0.2) is 0 Å². The quantitative estimate of drug-likeness (QED) is 0.866. The lowest BCUT2D eigenvalue weighted by atomic mass is 10.1. The summed E-state index contributed by atoms with van der Waals surface area (Å²) in [6.45, 7) is 5.26. The van der Waals surface area contributed by atoms with Crippen LogP contribution in [0.25, 0.3) is 10.9 Å². The van der Waals surface area contributed by atoms with Crippen molar-refractivity contribution in [2.24, 2.45) is 0 Å². The molecule has 0 spiro atoms. The molecule has 3 rings (SSSR count). The molecule has 2 N–H and O–H groups in total. The van der Waals surface area contributed by atoms with Crippen molar-refractivity contribution < 1.29 is 5.11 Å². The Labute approximate surface area is 107 Å². The Hall–Kier alpha value is -1.48. The molecule has 3 nitrogen and oxygen atoms in total. The van der Waals surface area contributed by atoms with Gasteiger partial charge in [-0.25, -0.2) is 0 Å². The fourth-order valence-electron chi connectivity index (χ4n) is 2.42. The van der Waals surface area contributed by atoms with Gasteiger partial charge in [0, 0.05) is 35.7 Å². The Morgan fingerprint density at radius 3 is 2.83 bits per heavy atom. The van der Waals surface area contributed by atoms with Crippen LogP contribution < -0.4 is 5.32 Å². The monoisotopic (exact) mass is 244 g/mol. The minimum absolute atomic E-state index is 0.344. The Kier molecular flexibility index (Phi) is 2.78. The Morgan fingerprint density at radius 2 is 2.17 bits per heavy atom. The van der Waals surface area contributed by atoms with Gasteiger partial charge in [0.2, 0.25) is 0 Å². The van der Waals surface area contributed by atoms with Crippen LogP contribution in [-0.2, 0) is 6.54 Å². The molecule has 1 aliphatic rings. The summed E-state index contributed by atoms with van der Waals surface area (Å²) in [6, 6.07) is 6.79. The second-order valence-electron chi connectivity index (χ2n) is 5.51. The van der Waals surface area contributed by atoms with Gasteiger partial charge in [0.1, 0.15) is 5.75 Å². The van der Waals surface area contributed by atoms with Crippen molar-refractivity contribution in [2.45, 2.75) is 45.3 Å². The van der Waals surface area contributed by atoms with Crippen molar-refractivity contribution in [1.82, 2.24) is 9.88 Å². The standard InChI is InChI=1S/C15H20N2O/c1-10(2)17-9-11(8-16-12-3-4-12)14-7-13(18)5-6-15(14)17/h5-7,9-10,12,16,18H,3-4,8H2,1-2H3. The maximum atomic E-state index is 9.66. The highest BCUT2D eigenvalue weighted by molar-refractivity contribution is 5.85. The van der Waals surface area contributed by atoms with Crippen LogP contribution in [-0.4, -0.2) is 15.7 Å². The molecule has 0 bridgehead atoms. The highest BCUT2D eigenvalue weighted by Crippen LogP contribution is 2.28. The van der Waals surface area contributed by atoms with Crippen molar-refractivity contribution in [3.63, 3.8) is 0 Å². The fourth-order valence-corrected chi connectivity index (χ4v) is 2.42. The first-order valence-electron chi connectivity index (χ1n) is 6.71. The minimum Gasteiger partial charge on any atom is -0.508 e. The number of hydrogen-bond donors (Lipinski definition) is 2. The lowest BCUT2D eigenvalue weighted by molar-refractivity contribution is 0.476. The van der Waals surface area contributed by atoms with E-state index in [1.54, 1.807) is 6.07 Å². The van der Waals surface area contributed by atoms with Gasteiger partial charge in [-0.15, -0.1) is 0 Å². The summed E-state index contributed by atoms with van der Waals surface area (Å²) < 4.78 is 2.28. The van der Waals surface area contributed by atoms with Crippen LogP contribution in [0.1, 0.15) is 38.3 Å². The van der Waals surface area contributed by atoms with Gasteiger partial charge in [-0.3, -0.25) is 0 Å². The van der Waals surface area contributed by atoms with Crippen LogP contribution in [0.15, 0.2) is 24.4 Å². The first kappa shape index (κ1) is 11.6. The van der Waals surface area contributed by atoms with Gasteiger partial charge in [-0.2, -0.15) is 0 Å². The summed E-state index contributed by atoms with van der Waals surface area (Å²) >= 11 is 0. The van der Waals surface area contributed by atoms with E-state index in [2.05, 4.69) is 29.9 Å². The Morgan fingerprint density at radius 1 is 1.39 bits per heavy atom. The second-order valence-corrected chi connectivity index (χ2v) is 5.51. The molecule has 3 heteroatoms. The number of phenolic OH excluding ortho intramolecular Hbond substituents is 1. The van der Waals surface area contributed by atoms with E-state index in [0.29, 0.717) is 17.8 Å². The van der Waals surface area contributed by atoms with Crippen LogP contribution in [0.2, 0.25) is 0 Å². The zero-order valence-electron chi connectivity index (χ0n) is 11.0. The SMILES string of the molecule is CC(C)n1cc(CNC2CC2)c2cc(O)ccc21. The summed E-state index contributed by atoms with van der Waals surface area (Å²) in [5, 5.41) is 14.4. The number of nitrogens with one attached hydrogen (secondary N) is 1. The molecule has 0 radical (unpaired) electrons. The van der Waals surface area contributed by atoms with Gasteiger partial charge in [-0.1, -0.05) is 0 Å². The van der Waals surface area contributed by atoms with E-state index in [-0.39, 0.29) is 0 Å². The third-order valence-corrected chi connectivity index (χ3v) is 3.61. The van der Waals surface area contributed by atoms with Crippen LogP contribution in [0.4, 0.5) is 0 Å². The predicted molar refractivity (Wildman–Crippen MR) is 73.8 cm³/mol. The van der Waals surface area contributed by atoms with Crippen molar-refractivity contribution in [1.29, 1.82) is 0 Å². The van der Waals surface area contributed by atoms with Gasteiger partial charge in [0.25, 0.3) is 0 Å². The third-order valence-electron chi connectivity index (χ3n) is 3.61. The molecule has 1 heterocycles. The number of fused-ring (bicyclic) bond motifs is 1. The van der Waals surface area contributed by atoms with Crippen molar-refractivity contribution >= 4 is 10.9 Å². The maximum Gasteiger partial charge on any atom is 0.116 e. The molecule has 2 aromatic rings. The van der Waals surface area contributed by atoms with E-state index in [1.807, 2.05) is 12.1 Å². The molecule has 1 aromatic heterocycles. The van der Waals surface area contributed by atoms with Crippen LogP contribution in [0.3, 0.4) is 0 Å². The number of benzene rings is 1. The van der Waals surface area contributed by atoms with Gasteiger partial charge in [-0.05, 0) is 50.5 Å². The summed E-state index contributed by atoms with van der Waals surface area (Å²) in [6.07, 6.45) is 4.81. The molecule has 1 saturated carbocycles. The second kappa shape index (κ2) is 4.32. The van der Waals surface area contributed by atoms with Crippen LogP contribution >= 0.6 is 0 Å². The smallest absolute Gasteiger partial charge is 0.116 e. The molecule has 1 fully saturated rings. The average Bonchev–Trinajstić information content (AvgIpc) is 3.08. The molecule has 0 saturated heterocycles. The molecular weight excluding hydrogens is 224 g/mol. The van der Waals surface area contributed by atoms with Crippen molar-refractivity contribution in [3.05, 3.63) is 30.0 Å². The average molecular weight is 244 g/mol. The lowest BCUT2D eigenvalue weighted by Gasteiger charge is -2.08. The molecule has 0 atom stereocenters. The van der Waals surface area contributed by atoms with Crippen molar-refractivity contribution in [3.8, 4) is 5.75 Å². The molecule has 96 valence electrons. The van der Waals surface area contributed by atoms with Crippen LogP contribution in [0, 0.1) is 0 Å². The Balaban J connectivity index is 2.02. The first-order chi connectivity index (χ1) is 8.65. The number of nitrogens with zero attached hydrogens (tertiary/aromatic N) is 1. The molecule has 18 heavy (non-hydrogen) atoms. The zero-order chi connectivity index (χ0) is 12.7. The fraction of sp³-hybridized carbons (Fsp3) is 0.467. The Bertz CT molecular complexity index is 567. The molecule has 1 aliphatic carbocycles. The van der Waals surface area contributed by atoms with Crippen molar-refractivity contribution in [2.75, 3.05) is 0 Å². The van der Waals surface area contributed by atoms with Gasteiger partial charge in [0.05, 0.1) is 0 Å². The lowest BCUT2D eigenvalue weighted by Crippen LogP contribution is -2.15. The summed E-state index contributed by atoms with van der Waals surface area (Å²) in [4.78, 5) is 0. The van der Waals surface area contributed by atoms with Crippen LogP contribution in [0.5, 0.6) is 5.75 Å². The van der Waals surface area contributed by atoms with E-state index in [4.69, 9.17) is 0 Å². The minimum atomic E-state index is 0.344. The largest absolute Gasteiger partial charge is 0.508 e. The van der Waals surface area contributed by atoms with E-state index in [0.717, 1.165) is 11.9 Å². The third kappa shape index (κ3) is 2.10. The van der Waals surface area contributed by atoms with E-state index >= 15 is 0 Å². The molecular formula is C15H20N2O. The molecule has 0 amide bonds. The topological polar surface area (TPSA) is 37.2 Å². The number of rotatable bonds is 4. The first-order valence-corrected chi connectivity index (χ1v) is 6.71. The summed E-state index contributed by atoms with van der Waals surface area (Å²) in [7, 11) is 0. The number of aromatic hydroxyl groups is 1. The normalized spacial score (nSPS) is 15.7. The van der Waals surface area contributed by atoms with E-state index in [9.17, 15) is 5.11 Å². The number of aromatic nitrogens is 1. The molecule has 0 aliphatic heterocycles. The summed E-state index contributed by atoms with van der Waals surface area (Å²) in [5.41, 5.74) is 2.48. The number of phenols is 1. The van der Waals surface area contributed by atoms with E-state index < -0.39 is 0 Å². The highest BCUT2D eigenvalue weighted by atomic mass is 16.3. The van der Waals surface area contributed by atoms with Gasteiger partial charge >= 0.3 is 0 Å². The highest BCUT2D eigenvalue weighted by Gasteiger charge is 2.21. The maximum absolute atomic E-state index is 9.66. The summed E-state index contributed by atoms with van der Waals surface area (Å²) in [5.74, 6) is 0.344. The van der Waals surface area contributed by atoms with Gasteiger partial charge < -0.3 is 15.0 Å². The number of hydrogen-bond acceptors (Lipinski definition) is 2. The molecule has 1 aromatic carbocycles. The van der Waals surface area contributed by atoms with E-state index in [1.165, 1.54) is 23.9 Å². The predicted octanol–water partition coefficient (Wildman–Crippen LogP) is 3.18.